The molecular weight excluding hydrogens is 262 g/mol. The minimum Gasteiger partial charge on any atom is -0.361 e. The van der Waals surface area contributed by atoms with Crippen LogP contribution in [0.4, 0.5) is 5.82 Å². The summed E-state index contributed by atoms with van der Waals surface area (Å²) in [5, 5.41) is 4.25. The minimum atomic E-state index is -0.196. The van der Waals surface area contributed by atoms with Crippen LogP contribution < -0.4 is 5.32 Å². The first-order valence-corrected chi connectivity index (χ1v) is 6.10. The van der Waals surface area contributed by atoms with Crippen molar-refractivity contribution in [2.45, 2.75) is 0 Å². The van der Waals surface area contributed by atoms with Gasteiger partial charge in [-0.3, -0.25) is 4.79 Å². The number of aromatic nitrogens is 2. The van der Waals surface area contributed by atoms with Crippen molar-refractivity contribution in [3.8, 4) is 0 Å². The van der Waals surface area contributed by atoms with E-state index in [1.165, 1.54) is 6.20 Å². The lowest BCUT2D eigenvalue weighted by Crippen LogP contribution is -2.12. The molecule has 0 atom stereocenters. The monoisotopic (exact) mass is 271 g/mol. The molecule has 1 amide bonds. The molecule has 0 bridgehead atoms. The lowest BCUT2D eigenvalue weighted by Gasteiger charge is -2.04. The maximum absolute atomic E-state index is 12.1. The van der Waals surface area contributed by atoms with Crippen LogP contribution in [0.1, 0.15) is 10.4 Å². The van der Waals surface area contributed by atoms with Gasteiger partial charge >= 0.3 is 0 Å². The van der Waals surface area contributed by atoms with E-state index in [2.05, 4.69) is 15.3 Å². The van der Waals surface area contributed by atoms with Crippen LogP contribution in [-0.4, -0.2) is 15.9 Å². The number of nitrogens with zero attached hydrogens (tertiary/aromatic N) is 1. The first kappa shape index (κ1) is 11.7. The quantitative estimate of drug-likeness (QED) is 0.750. The molecule has 0 saturated carbocycles. The molecule has 0 radical (unpaired) electrons. The molecule has 0 aliphatic heterocycles. The highest BCUT2D eigenvalue weighted by molar-refractivity contribution is 6.30. The van der Waals surface area contributed by atoms with Gasteiger partial charge in [-0.25, -0.2) is 4.98 Å². The lowest BCUT2D eigenvalue weighted by molar-refractivity contribution is 0.102. The van der Waals surface area contributed by atoms with E-state index >= 15 is 0 Å². The van der Waals surface area contributed by atoms with E-state index in [1.54, 1.807) is 18.2 Å². The lowest BCUT2D eigenvalue weighted by atomic mass is 10.1. The number of nitrogens with one attached hydrogen (secondary N) is 2. The molecule has 2 heterocycles. The molecule has 94 valence electrons. The van der Waals surface area contributed by atoms with E-state index in [0.717, 1.165) is 10.9 Å². The zero-order valence-corrected chi connectivity index (χ0v) is 10.6. The first-order valence-electron chi connectivity index (χ1n) is 5.72. The summed E-state index contributed by atoms with van der Waals surface area (Å²) in [5.41, 5.74) is 1.59. The van der Waals surface area contributed by atoms with E-state index in [9.17, 15) is 4.79 Å². The van der Waals surface area contributed by atoms with Crippen LogP contribution in [0.3, 0.4) is 0 Å². The molecule has 0 aliphatic rings. The van der Waals surface area contributed by atoms with Gasteiger partial charge in [0.25, 0.3) is 5.91 Å². The van der Waals surface area contributed by atoms with Gasteiger partial charge in [-0.15, -0.1) is 0 Å². The number of fused-ring (bicyclic) bond motifs is 1. The molecule has 1 aromatic carbocycles. The van der Waals surface area contributed by atoms with Crippen LogP contribution in [0.5, 0.6) is 0 Å². The average Bonchev–Trinajstić information content (AvgIpc) is 2.88. The SMILES string of the molecule is O=C(Nc1ccc(Cl)cn1)c1ccc2[nH]ccc2c1. The van der Waals surface area contributed by atoms with Gasteiger partial charge in [0, 0.05) is 28.9 Å². The fraction of sp³-hybridized carbons (Fsp3) is 0. The smallest absolute Gasteiger partial charge is 0.256 e. The number of rotatable bonds is 2. The van der Waals surface area contributed by atoms with Gasteiger partial charge in [0.15, 0.2) is 0 Å². The Morgan fingerprint density at radius 2 is 2.11 bits per heavy atom. The Bertz CT molecular complexity index is 734. The number of H-pyrrole nitrogens is 1. The fourth-order valence-corrected chi connectivity index (χ4v) is 1.94. The van der Waals surface area contributed by atoms with Crippen LogP contribution in [0.25, 0.3) is 10.9 Å². The van der Waals surface area contributed by atoms with Crippen molar-refractivity contribution in [2.75, 3.05) is 5.32 Å². The highest BCUT2D eigenvalue weighted by atomic mass is 35.5. The molecule has 0 spiro atoms. The Labute approximate surface area is 114 Å². The van der Waals surface area contributed by atoms with Gasteiger partial charge in [-0.2, -0.15) is 0 Å². The maximum atomic E-state index is 12.1. The molecule has 0 fully saturated rings. The Hall–Kier alpha value is -2.33. The van der Waals surface area contributed by atoms with Crippen LogP contribution in [-0.2, 0) is 0 Å². The normalized spacial score (nSPS) is 10.6. The van der Waals surface area contributed by atoms with Gasteiger partial charge in [0.2, 0.25) is 0 Å². The Morgan fingerprint density at radius 1 is 1.21 bits per heavy atom. The third-order valence-corrected chi connectivity index (χ3v) is 3.01. The number of pyridine rings is 1. The van der Waals surface area contributed by atoms with Crippen molar-refractivity contribution in [3.63, 3.8) is 0 Å². The van der Waals surface area contributed by atoms with E-state index in [4.69, 9.17) is 11.6 Å². The predicted octanol–water partition coefficient (Wildman–Crippen LogP) is 3.47. The van der Waals surface area contributed by atoms with Crippen LogP contribution in [0, 0.1) is 0 Å². The van der Waals surface area contributed by atoms with E-state index in [1.807, 2.05) is 24.4 Å². The van der Waals surface area contributed by atoms with Crippen molar-refractivity contribution in [3.05, 3.63) is 59.4 Å². The number of hydrogen-bond donors (Lipinski definition) is 2. The number of amides is 1. The number of hydrogen-bond acceptors (Lipinski definition) is 2. The molecule has 3 rings (SSSR count). The molecule has 0 unspecified atom stereocenters. The standard InChI is InChI=1S/C14H10ClN3O/c15-11-2-4-13(17-8-11)18-14(19)10-1-3-12-9(7-10)5-6-16-12/h1-8,16H,(H,17,18,19). The summed E-state index contributed by atoms with van der Waals surface area (Å²) in [4.78, 5) is 19.2. The van der Waals surface area contributed by atoms with E-state index < -0.39 is 0 Å². The van der Waals surface area contributed by atoms with Crippen molar-refractivity contribution >= 4 is 34.2 Å². The van der Waals surface area contributed by atoms with Crippen LogP contribution in [0.2, 0.25) is 5.02 Å². The molecule has 4 nitrogen and oxygen atoms in total. The third-order valence-electron chi connectivity index (χ3n) is 2.78. The number of carbonyl (C=O) groups is 1. The van der Waals surface area contributed by atoms with Crippen LogP contribution >= 0.6 is 11.6 Å². The molecule has 3 aromatic rings. The summed E-state index contributed by atoms with van der Waals surface area (Å²) < 4.78 is 0. The van der Waals surface area contributed by atoms with E-state index in [-0.39, 0.29) is 5.91 Å². The highest BCUT2D eigenvalue weighted by Gasteiger charge is 2.07. The molecular formula is C14H10ClN3O. The summed E-state index contributed by atoms with van der Waals surface area (Å²) in [7, 11) is 0. The van der Waals surface area contributed by atoms with Crippen molar-refractivity contribution in [1.82, 2.24) is 9.97 Å². The van der Waals surface area contributed by atoms with Gasteiger partial charge in [0.05, 0.1) is 5.02 Å². The Kier molecular flexibility index (Phi) is 2.93. The number of halogens is 1. The molecule has 19 heavy (non-hydrogen) atoms. The largest absolute Gasteiger partial charge is 0.361 e. The second-order valence-electron chi connectivity index (χ2n) is 4.10. The first-order chi connectivity index (χ1) is 9.22. The van der Waals surface area contributed by atoms with Gasteiger partial charge in [-0.1, -0.05) is 11.6 Å². The maximum Gasteiger partial charge on any atom is 0.256 e. The molecule has 2 aromatic heterocycles. The Morgan fingerprint density at radius 3 is 2.89 bits per heavy atom. The molecule has 2 N–H and O–H groups in total. The Balaban J connectivity index is 1.84. The predicted molar refractivity (Wildman–Crippen MR) is 75.5 cm³/mol. The summed E-state index contributed by atoms with van der Waals surface area (Å²) >= 11 is 5.74. The second-order valence-corrected chi connectivity index (χ2v) is 4.53. The van der Waals surface area contributed by atoms with Gasteiger partial charge in [0.1, 0.15) is 5.82 Å². The van der Waals surface area contributed by atoms with Crippen LogP contribution in [0.15, 0.2) is 48.8 Å². The topological polar surface area (TPSA) is 57.8 Å². The zero-order chi connectivity index (χ0) is 13.2. The molecule has 0 saturated heterocycles. The van der Waals surface area contributed by atoms with Gasteiger partial charge in [-0.05, 0) is 36.4 Å². The summed E-state index contributed by atoms with van der Waals surface area (Å²) in [6, 6.07) is 10.7. The summed E-state index contributed by atoms with van der Waals surface area (Å²) in [5.74, 6) is 0.279. The summed E-state index contributed by atoms with van der Waals surface area (Å²) in [6.07, 6.45) is 3.33. The van der Waals surface area contributed by atoms with Gasteiger partial charge < -0.3 is 10.3 Å². The second kappa shape index (κ2) is 4.74. The van der Waals surface area contributed by atoms with E-state index in [0.29, 0.717) is 16.4 Å². The number of aromatic amines is 1. The summed E-state index contributed by atoms with van der Waals surface area (Å²) in [6.45, 7) is 0. The highest BCUT2D eigenvalue weighted by Crippen LogP contribution is 2.16. The van der Waals surface area contributed by atoms with Crippen molar-refractivity contribution in [2.24, 2.45) is 0 Å². The zero-order valence-electron chi connectivity index (χ0n) is 9.85. The molecule has 5 heteroatoms. The van der Waals surface area contributed by atoms with Crippen molar-refractivity contribution < 1.29 is 4.79 Å². The average molecular weight is 272 g/mol. The minimum absolute atomic E-state index is 0.196. The molecule has 0 aliphatic carbocycles. The third kappa shape index (κ3) is 2.44. The number of benzene rings is 1. The fourth-order valence-electron chi connectivity index (χ4n) is 1.83. The van der Waals surface area contributed by atoms with Crippen molar-refractivity contribution in [1.29, 1.82) is 0 Å². The number of carbonyl (C=O) groups excluding carboxylic acids is 1. The number of anilines is 1.